The highest BCUT2D eigenvalue weighted by Crippen LogP contribution is 2.29. The number of rotatable bonds is 3. The number of H-pyrrole nitrogens is 1. The fraction of sp³-hybridized carbons (Fsp3) is 0.0625. The van der Waals surface area contributed by atoms with Gasteiger partial charge in [-0.2, -0.15) is 0 Å². The summed E-state index contributed by atoms with van der Waals surface area (Å²) in [5.74, 6) is 0.828. The SMILES string of the molecule is Clc1ccc(Cl)c(-c2c[nH]c(Cc3ccccc3Cl)n2)c1. The smallest absolute Gasteiger partial charge is 0.111 e. The van der Waals surface area contributed by atoms with E-state index in [-0.39, 0.29) is 0 Å². The van der Waals surface area contributed by atoms with Crippen molar-refractivity contribution in [1.82, 2.24) is 9.97 Å². The number of aromatic amines is 1. The second-order valence-electron chi connectivity index (χ2n) is 4.62. The lowest BCUT2D eigenvalue weighted by atomic mass is 10.1. The van der Waals surface area contributed by atoms with Crippen LogP contribution in [0.3, 0.4) is 0 Å². The number of nitrogens with one attached hydrogen (secondary N) is 1. The molecule has 0 bridgehead atoms. The summed E-state index contributed by atoms with van der Waals surface area (Å²) in [4.78, 5) is 7.72. The summed E-state index contributed by atoms with van der Waals surface area (Å²) in [6, 6.07) is 13.0. The predicted molar refractivity (Wildman–Crippen MR) is 88.3 cm³/mol. The predicted octanol–water partition coefficient (Wildman–Crippen LogP) is 5.63. The third-order valence-electron chi connectivity index (χ3n) is 3.15. The van der Waals surface area contributed by atoms with Crippen LogP contribution in [0.15, 0.2) is 48.7 Å². The van der Waals surface area contributed by atoms with E-state index in [9.17, 15) is 0 Å². The third-order valence-corrected chi connectivity index (χ3v) is 4.08. The Morgan fingerprint density at radius 3 is 2.57 bits per heavy atom. The van der Waals surface area contributed by atoms with Gasteiger partial charge in [-0.25, -0.2) is 4.98 Å². The largest absolute Gasteiger partial charge is 0.348 e. The van der Waals surface area contributed by atoms with E-state index in [1.807, 2.05) is 30.5 Å². The molecular formula is C16H11Cl3N2. The first-order chi connectivity index (χ1) is 10.1. The van der Waals surface area contributed by atoms with Gasteiger partial charge in [0.15, 0.2) is 0 Å². The van der Waals surface area contributed by atoms with Gasteiger partial charge in [0.05, 0.1) is 10.7 Å². The molecule has 3 aromatic rings. The van der Waals surface area contributed by atoms with Gasteiger partial charge in [-0.05, 0) is 29.8 Å². The van der Waals surface area contributed by atoms with Gasteiger partial charge in [0.2, 0.25) is 0 Å². The number of halogens is 3. The molecule has 0 aliphatic rings. The number of hydrogen-bond acceptors (Lipinski definition) is 1. The van der Waals surface area contributed by atoms with Gasteiger partial charge in [0, 0.05) is 28.2 Å². The Kier molecular flexibility index (Phi) is 4.20. The van der Waals surface area contributed by atoms with Crippen LogP contribution in [0.25, 0.3) is 11.3 Å². The zero-order chi connectivity index (χ0) is 14.8. The highest BCUT2D eigenvalue weighted by Gasteiger charge is 2.10. The average Bonchev–Trinajstić information content (AvgIpc) is 2.92. The maximum atomic E-state index is 6.19. The quantitative estimate of drug-likeness (QED) is 0.659. The fourth-order valence-corrected chi connectivity index (χ4v) is 2.70. The topological polar surface area (TPSA) is 28.7 Å². The molecule has 0 spiro atoms. The Bertz CT molecular complexity index is 781. The van der Waals surface area contributed by atoms with E-state index in [0.29, 0.717) is 16.5 Å². The normalized spacial score (nSPS) is 10.8. The molecule has 1 heterocycles. The van der Waals surface area contributed by atoms with Gasteiger partial charge < -0.3 is 4.98 Å². The van der Waals surface area contributed by atoms with E-state index >= 15 is 0 Å². The summed E-state index contributed by atoms with van der Waals surface area (Å²) in [6.45, 7) is 0. The molecule has 1 aromatic heterocycles. The molecule has 0 radical (unpaired) electrons. The van der Waals surface area contributed by atoms with Crippen molar-refractivity contribution in [2.75, 3.05) is 0 Å². The Hall–Kier alpha value is -1.48. The Morgan fingerprint density at radius 1 is 0.952 bits per heavy atom. The van der Waals surface area contributed by atoms with Crippen molar-refractivity contribution < 1.29 is 0 Å². The van der Waals surface area contributed by atoms with E-state index in [1.165, 1.54) is 0 Å². The highest BCUT2D eigenvalue weighted by atomic mass is 35.5. The molecule has 0 aliphatic heterocycles. The summed E-state index contributed by atoms with van der Waals surface area (Å²) in [5, 5.41) is 1.98. The van der Waals surface area contributed by atoms with Crippen LogP contribution in [0.1, 0.15) is 11.4 Å². The van der Waals surface area contributed by atoms with E-state index in [2.05, 4.69) is 9.97 Å². The van der Waals surface area contributed by atoms with Gasteiger partial charge in [-0.1, -0.05) is 53.0 Å². The molecule has 0 amide bonds. The minimum Gasteiger partial charge on any atom is -0.348 e. The molecule has 0 unspecified atom stereocenters. The summed E-state index contributed by atoms with van der Waals surface area (Å²) in [7, 11) is 0. The molecule has 0 atom stereocenters. The van der Waals surface area contributed by atoms with Crippen molar-refractivity contribution in [2.45, 2.75) is 6.42 Å². The van der Waals surface area contributed by atoms with Gasteiger partial charge in [-0.15, -0.1) is 0 Å². The number of hydrogen-bond donors (Lipinski definition) is 1. The van der Waals surface area contributed by atoms with E-state index < -0.39 is 0 Å². The Balaban J connectivity index is 1.90. The molecule has 3 rings (SSSR count). The first kappa shape index (κ1) is 14.5. The number of imidazole rings is 1. The monoisotopic (exact) mass is 336 g/mol. The second kappa shape index (κ2) is 6.10. The zero-order valence-corrected chi connectivity index (χ0v) is 13.2. The molecule has 1 N–H and O–H groups in total. The molecule has 2 aromatic carbocycles. The van der Waals surface area contributed by atoms with Crippen LogP contribution in [-0.4, -0.2) is 9.97 Å². The van der Waals surface area contributed by atoms with E-state index in [0.717, 1.165) is 27.7 Å². The number of aromatic nitrogens is 2. The standard InChI is InChI=1S/C16H11Cl3N2/c17-11-5-6-14(19)12(8-11)15-9-20-16(21-15)7-10-3-1-2-4-13(10)18/h1-6,8-9H,7H2,(H,20,21). The summed E-state index contributed by atoms with van der Waals surface area (Å²) in [5.41, 5.74) is 2.60. The first-order valence-electron chi connectivity index (χ1n) is 6.36. The summed E-state index contributed by atoms with van der Waals surface area (Å²) >= 11 is 18.4. The molecule has 2 nitrogen and oxygen atoms in total. The molecule has 21 heavy (non-hydrogen) atoms. The number of benzene rings is 2. The van der Waals surface area contributed by atoms with E-state index in [1.54, 1.807) is 18.2 Å². The van der Waals surface area contributed by atoms with Gasteiger partial charge in [0.1, 0.15) is 5.82 Å². The average molecular weight is 338 g/mol. The van der Waals surface area contributed by atoms with Crippen LogP contribution in [0, 0.1) is 0 Å². The lowest BCUT2D eigenvalue weighted by molar-refractivity contribution is 1.03. The first-order valence-corrected chi connectivity index (χ1v) is 7.50. The maximum absolute atomic E-state index is 6.19. The molecule has 0 fully saturated rings. The molecule has 5 heteroatoms. The van der Waals surface area contributed by atoms with Crippen LogP contribution in [0.5, 0.6) is 0 Å². The van der Waals surface area contributed by atoms with Crippen LogP contribution in [-0.2, 0) is 6.42 Å². The number of nitrogens with zero attached hydrogens (tertiary/aromatic N) is 1. The van der Waals surface area contributed by atoms with Crippen LogP contribution >= 0.6 is 34.8 Å². The minimum atomic E-state index is 0.621. The van der Waals surface area contributed by atoms with Gasteiger partial charge in [0.25, 0.3) is 0 Å². The van der Waals surface area contributed by atoms with Crippen molar-refractivity contribution in [3.05, 3.63) is 75.1 Å². The Labute approximate surface area is 137 Å². The highest BCUT2D eigenvalue weighted by molar-refractivity contribution is 6.35. The summed E-state index contributed by atoms with van der Waals surface area (Å²) < 4.78 is 0. The lowest BCUT2D eigenvalue weighted by Crippen LogP contribution is -1.91. The van der Waals surface area contributed by atoms with E-state index in [4.69, 9.17) is 34.8 Å². The molecule has 0 saturated carbocycles. The van der Waals surface area contributed by atoms with Crippen molar-refractivity contribution in [2.24, 2.45) is 0 Å². The van der Waals surface area contributed by atoms with Crippen molar-refractivity contribution >= 4 is 34.8 Å². The second-order valence-corrected chi connectivity index (χ2v) is 5.88. The molecular weight excluding hydrogens is 327 g/mol. The van der Waals surface area contributed by atoms with Gasteiger partial charge >= 0.3 is 0 Å². The van der Waals surface area contributed by atoms with Crippen LogP contribution in [0.2, 0.25) is 15.1 Å². The van der Waals surface area contributed by atoms with Crippen molar-refractivity contribution in [3.8, 4) is 11.3 Å². The Morgan fingerprint density at radius 2 is 1.76 bits per heavy atom. The van der Waals surface area contributed by atoms with Gasteiger partial charge in [-0.3, -0.25) is 0 Å². The van der Waals surface area contributed by atoms with Crippen LogP contribution < -0.4 is 0 Å². The minimum absolute atomic E-state index is 0.621. The molecule has 106 valence electrons. The third kappa shape index (κ3) is 3.24. The van der Waals surface area contributed by atoms with Crippen molar-refractivity contribution in [3.63, 3.8) is 0 Å². The molecule has 0 aliphatic carbocycles. The lowest BCUT2D eigenvalue weighted by Gasteiger charge is -2.02. The van der Waals surface area contributed by atoms with Crippen molar-refractivity contribution in [1.29, 1.82) is 0 Å². The maximum Gasteiger partial charge on any atom is 0.111 e. The van der Waals surface area contributed by atoms with Crippen LogP contribution in [0.4, 0.5) is 0 Å². The summed E-state index contributed by atoms with van der Waals surface area (Å²) in [6.07, 6.45) is 2.46. The molecule has 0 saturated heterocycles. The fourth-order valence-electron chi connectivity index (χ4n) is 2.11. The zero-order valence-electron chi connectivity index (χ0n) is 10.9.